The molecule has 4 nitrogen and oxygen atoms in total. The van der Waals surface area contributed by atoms with E-state index in [4.69, 9.17) is 21.1 Å². The average Bonchev–Trinajstić information content (AvgIpc) is 3.54. The van der Waals surface area contributed by atoms with Gasteiger partial charge in [-0.3, -0.25) is 4.79 Å². The normalized spacial score (nSPS) is 17.7. The van der Waals surface area contributed by atoms with Crippen molar-refractivity contribution in [3.05, 3.63) is 70.8 Å². The van der Waals surface area contributed by atoms with Crippen LogP contribution in [0.5, 0.6) is 5.75 Å². The Hall–Kier alpha value is -2.30. The van der Waals surface area contributed by atoms with Gasteiger partial charge in [-0.2, -0.15) is 0 Å². The predicted octanol–water partition coefficient (Wildman–Crippen LogP) is 4.96. The number of rotatable bonds is 8. The molecule has 2 aromatic carbocycles. The van der Waals surface area contributed by atoms with E-state index in [1.165, 1.54) is 0 Å². The van der Waals surface area contributed by atoms with Gasteiger partial charge in [0.1, 0.15) is 5.75 Å². The number of carbonyl (C=O) groups is 1. The lowest BCUT2D eigenvalue weighted by atomic mass is 9.90. The molecule has 0 atom stereocenters. The molecule has 29 heavy (non-hydrogen) atoms. The van der Waals surface area contributed by atoms with E-state index in [1.807, 2.05) is 53.4 Å². The summed E-state index contributed by atoms with van der Waals surface area (Å²) in [7, 11) is 0. The molecule has 0 aromatic heterocycles. The third kappa shape index (κ3) is 5.20. The van der Waals surface area contributed by atoms with Gasteiger partial charge in [-0.15, -0.1) is 0 Å². The fraction of sp³-hybridized carbons (Fsp3) is 0.375. The van der Waals surface area contributed by atoms with E-state index < -0.39 is 0 Å². The molecule has 0 N–H and O–H groups in total. The Balaban J connectivity index is 1.36. The van der Waals surface area contributed by atoms with E-state index in [2.05, 4.69) is 6.92 Å². The van der Waals surface area contributed by atoms with Gasteiger partial charge in [0.05, 0.1) is 19.8 Å². The second kappa shape index (κ2) is 8.60. The molecule has 1 aliphatic heterocycles. The third-order valence-electron chi connectivity index (χ3n) is 5.35. The van der Waals surface area contributed by atoms with Crippen molar-refractivity contribution in [3.8, 4) is 5.75 Å². The molecule has 4 rings (SSSR count). The molecule has 0 bridgehead atoms. The van der Waals surface area contributed by atoms with Crippen LogP contribution in [0, 0.1) is 5.41 Å². The minimum absolute atomic E-state index is 0.0191. The minimum atomic E-state index is 0.0191. The molecule has 1 saturated heterocycles. The lowest BCUT2D eigenvalue weighted by molar-refractivity contribution is -0.127. The summed E-state index contributed by atoms with van der Waals surface area (Å²) in [4.78, 5) is 14.7. The van der Waals surface area contributed by atoms with Gasteiger partial charge in [0.15, 0.2) is 0 Å². The molecule has 1 heterocycles. The van der Waals surface area contributed by atoms with Crippen molar-refractivity contribution in [1.29, 1.82) is 0 Å². The molecule has 1 aliphatic carbocycles. The molecule has 2 aromatic rings. The van der Waals surface area contributed by atoms with Crippen LogP contribution in [0.4, 0.5) is 0 Å². The SMILES string of the molecule is CC1(COc2ccc(CN(C(=O)/C=C/c3ccccc3Cl)C3CC3)cc2)COC1. The van der Waals surface area contributed by atoms with E-state index >= 15 is 0 Å². The molecule has 1 amide bonds. The van der Waals surface area contributed by atoms with E-state index in [9.17, 15) is 4.79 Å². The smallest absolute Gasteiger partial charge is 0.247 e. The molecular formula is C24H26ClNO3. The zero-order chi connectivity index (χ0) is 20.3. The maximum absolute atomic E-state index is 12.8. The van der Waals surface area contributed by atoms with Crippen molar-refractivity contribution in [2.75, 3.05) is 19.8 Å². The molecule has 0 radical (unpaired) electrons. The number of hydrogen-bond acceptors (Lipinski definition) is 3. The summed E-state index contributed by atoms with van der Waals surface area (Å²) in [5.41, 5.74) is 2.08. The van der Waals surface area contributed by atoms with E-state index in [-0.39, 0.29) is 11.3 Å². The Labute approximate surface area is 177 Å². The second-order valence-corrected chi connectivity index (χ2v) is 8.70. The Morgan fingerprint density at radius 2 is 1.93 bits per heavy atom. The van der Waals surface area contributed by atoms with Crippen molar-refractivity contribution >= 4 is 23.6 Å². The van der Waals surface area contributed by atoms with Gasteiger partial charge in [-0.05, 0) is 48.2 Å². The number of halogens is 1. The summed E-state index contributed by atoms with van der Waals surface area (Å²) in [5.74, 6) is 0.871. The highest BCUT2D eigenvalue weighted by Gasteiger charge is 2.34. The fourth-order valence-electron chi connectivity index (χ4n) is 3.32. The van der Waals surface area contributed by atoms with Gasteiger partial charge in [-0.25, -0.2) is 0 Å². The lowest BCUT2D eigenvalue weighted by Crippen LogP contribution is -2.44. The number of amides is 1. The first-order chi connectivity index (χ1) is 14.0. The van der Waals surface area contributed by atoms with Crippen molar-refractivity contribution in [1.82, 2.24) is 4.90 Å². The number of ether oxygens (including phenoxy) is 2. The van der Waals surface area contributed by atoms with Crippen LogP contribution in [0.2, 0.25) is 5.02 Å². The first-order valence-electron chi connectivity index (χ1n) is 10.1. The second-order valence-electron chi connectivity index (χ2n) is 8.29. The standard InChI is InChI=1S/C24H26ClNO3/c1-24(15-28-16-24)17-29-21-11-6-18(7-12-21)14-26(20-9-10-20)23(27)13-8-19-4-2-3-5-22(19)25/h2-8,11-13,20H,9-10,14-17H2,1H3/b13-8+. The summed E-state index contributed by atoms with van der Waals surface area (Å²) < 4.78 is 11.2. The summed E-state index contributed by atoms with van der Waals surface area (Å²) in [5, 5.41) is 0.646. The maximum atomic E-state index is 12.8. The molecule has 2 aliphatic rings. The average molecular weight is 412 g/mol. The highest BCUT2D eigenvalue weighted by Crippen LogP contribution is 2.30. The highest BCUT2D eigenvalue weighted by atomic mass is 35.5. The van der Waals surface area contributed by atoms with Crippen LogP contribution in [0.1, 0.15) is 30.9 Å². The fourth-order valence-corrected chi connectivity index (χ4v) is 3.52. The summed E-state index contributed by atoms with van der Waals surface area (Å²) in [6.07, 6.45) is 5.54. The first-order valence-corrected chi connectivity index (χ1v) is 10.4. The molecule has 2 fully saturated rings. The third-order valence-corrected chi connectivity index (χ3v) is 5.69. The summed E-state index contributed by atoms with van der Waals surface area (Å²) in [6, 6.07) is 15.9. The van der Waals surface area contributed by atoms with Gasteiger partial charge in [0.2, 0.25) is 5.91 Å². The van der Waals surface area contributed by atoms with Crippen molar-refractivity contribution < 1.29 is 14.3 Å². The van der Waals surface area contributed by atoms with Crippen LogP contribution in [0.15, 0.2) is 54.6 Å². The van der Waals surface area contributed by atoms with Crippen molar-refractivity contribution in [3.63, 3.8) is 0 Å². The Morgan fingerprint density at radius 1 is 1.21 bits per heavy atom. The summed E-state index contributed by atoms with van der Waals surface area (Å²) in [6.45, 7) is 4.94. The van der Waals surface area contributed by atoms with Gasteiger partial charge in [-0.1, -0.05) is 48.9 Å². The van der Waals surface area contributed by atoms with E-state index in [0.717, 1.165) is 42.9 Å². The Bertz CT molecular complexity index is 885. The van der Waals surface area contributed by atoms with Crippen molar-refractivity contribution in [2.24, 2.45) is 5.41 Å². The molecule has 0 spiro atoms. The first kappa shape index (κ1) is 20.0. The Kier molecular flexibility index (Phi) is 5.93. The molecule has 152 valence electrons. The molecular weight excluding hydrogens is 386 g/mol. The Morgan fingerprint density at radius 3 is 2.55 bits per heavy atom. The van der Waals surface area contributed by atoms with Crippen LogP contribution < -0.4 is 4.74 Å². The minimum Gasteiger partial charge on any atom is -0.493 e. The van der Waals surface area contributed by atoms with Gasteiger partial charge in [0.25, 0.3) is 0 Å². The maximum Gasteiger partial charge on any atom is 0.247 e. The van der Waals surface area contributed by atoms with Crippen LogP contribution >= 0.6 is 11.6 Å². The highest BCUT2D eigenvalue weighted by molar-refractivity contribution is 6.32. The quantitative estimate of drug-likeness (QED) is 0.576. The van der Waals surface area contributed by atoms with Crippen LogP contribution in [0.3, 0.4) is 0 Å². The zero-order valence-corrected chi connectivity index (χ0v) is 17.4. The van der Waals surface area contributed by atoms with Crippen LogP contribution in [0.25, 0.3) is 6.08 Å². The predicted molar refractivity (Wildman–Crippen MR) is 115 cm³/mol. The molecule has 5 heteroatoms. The number of carbonyl (C=O) groups excluding carboxylic acids is 1. The van der Waals surface area contributed by atoms with E-state index in [1.54, 1.807) is 12.2 Å². The van der Waals surface area contributed by atoms with E-state index in [0.29, 0.717) is 24.2 Å². The van der Waals surface area contributed by atoms with Gasteiger partial charge >= 0.3 is 0 Å². The lowest BCUT2D eigenvalue weighted by Gasteiger charge is -2.37. The molecule has 0 unspecified atom stereocenters. The van der Waals surface area contributed by atoms with Crippen LogP contribution in [-0.2, 0) is 16.1 Å². The largest absolute Gasteiger partial charge is 0.493 e. The molecule has 1 saturated carbocycles. The van der Waals surface area contributed by atoms with Crippen molar-refractivity contribution in [2.45, 2.75) is 32.4 Å². The number of benzene rings is 2. The van der Waals surface area contributed by atoms with Gasteiger partial charge < -0.3 is 14.4 Å². The number of nitrogens with zero attached hydrogens (tertiary/aromatic N) is 1. The monoisotopic (exact) mass is 411 g/mol. The topological polar surface area (TPSA) is 38.8 Å². The van der Waals surface area contributed by atoms with Gasteiger partial charge in [0, 0.05) is 29.1 Å². The number of hydrogen-bond donors (Lipinski definition) is 0. The zero-order valence-electron chi connectivity index (χ0n) is 16.6. The van der Waals surface area contributed by atoms with Crippen LogP contribution in [-0.4, -0.2) is 36.7 Å². The summed E-state index contributed by atoms with van der Waals surface area (Å²) >= 11 is 6.18.